The minimum Gasteiger partial charge on any atom is -0.463 e. The molecule has 2 aliphatic heterocycles. The van der Waals surface area contributed by atoms with E-state index in [-0.39, 0.29) is 12.7 Å². The van der Waals surface area contributed by atoms with Gasteiger partial charge in [-0.15, -0.1) is 0 Å². The van der Waals surface area contributed by atoms with Crippen LogP contribution in [-0.2, 0) is 14.3 Å². The van der Waals surface area contributed by atoms with E-state index >= 15 is 0 Å². The van der Waals surface area contributed by atoms with E-state index in [2.05, 4.69) is 15.5 Å². The second-order valence-corrected chi connectivity index (χ2v) is 7.54. The van der Waals surface area contributed by atoms with Gasteiger partial charge in [0.1, 0.15) is 0 Å². The van der Waals surface area contributed by atoms with Crippen molar-refractivity contribution in [2.45, 2.75) is 19.9 Å². The van der Waals surface area contributed by atoms with Gasteiger partial charge < -0.3 is 25.0 Å². The van der Waals surface area contributed by atoms with Gasteiger partial charge >= 0.3 is 18.1 Å². The molecule has 0 bridgehead atoms. The number of amides is 3. The van der Waals surface area contributed by atoms with Crippen molar-refractivity contribution in [3.63, 3.8) is 0 Å². The van der Waals surface area contributed by atoms with Crippen LogP contribution >= 0.6 is 11.6 Å². The smallest absolute Gasteiger partial charge is 0.409 e. The predicted octanol–water partition coefficient (Wildman–Crippen LogP) is 2.29. The zero-order valence-electron chi connectivity index (χ0n) is 17.7. The van der Waals surface area contributed by atoms with Crippen LogP contribution in [0.1, 0.15) is 25.5 Å². The summed E-state index contributed by atoms with van der Waals surface area (Å²) in [4.78, 5) is 40.9. The third-order valence-electron chi connectivity index (χ3n) is 5.15. The molecule has 2 heterocycles. The quantitative estimate of drug-likeness (QED) is 0.645. The second-order valence-electron chi connectivity index (χ2n) is 7.13. The van der Waals surface area contributed by atoms with Gasteiger partial charge in [0, 0.05) is 43.4 Å². The van der Waals surface area contributed by atoms with Gasteiger partial charge in [-0.3, -0.25) is 4.90 Å². The molecule has 31 heavy (non-hydrogen) atoms. The van der Waals surface area contributed by atoms with E-state index in [1.54, 1.807) is 43.0 Å². The zero-order valence-corrected chi connectivity index (χ0v) is 18.4. The maximum Gasteiger partial charge on any atom is 0.409 e. The maximum absolute atomic E-state index is 12.9. The van der Waals surface area contributed by atoms with Gasteiger partial charge in [0.25, 0.3) is 0 Å². The summed E-state index contributed by atoms with van der Waals surface area (Å²) in [6, 6.07) is 5.92. The Morgan fingerprint density at radius 1 is 1.10 bits per heavy atom. The number of benzene rings is 1. The summed E-state index contributed by atoms with van der Waals surface area (Å²) >= 11 is 6.36. The number of hydrogen-bond acceptors (Lipinski definition) is 6. The molecule has 2 N–H and O–H groups in total. The van der Waals surface area contributed by atoms with Crippen molar-refractivity contribution in [2.75, 3.05) is 45.9 Å². The van der Waals surface area contributed by atoms with Crippen LogP contribution in [0, 0.1) is 0 Å². The first-order valence-electron chi connectivity index (χ1n) is 10.3. The molecule has 1 atom stereocenters. The molecule has 0 unspecified atom stereocenters. The van der Waals surface area contributed by atoms with Crippen molar-refractivity contribution in [2.24, 2.45) is 0 Å². The number of carbonyl (C=O) groups excluding carboxylic acids is 3. The van der Waals surface area contributed by atoms with Gasteiger partial charge in [-0.05, 0) is 25.5 Å². The Bertz CT molecular complexity index is 867. The monoisotopic (exact) mass is 450 g/mol. The van der Waals surface area contributed by atoms with Crippen molar-refractivity contribution >= 4 is 29.7 Å². The van der Waals surface area contributed by atoms with Crippen molar-refractivity contribution in [1.29, 1.82) is 0 Å². The van der Waals surface area contributed by atoms with E-state index in [0.717, 1.165) is 0 Å². The van der Waals surface area contributed by atoms with Crippen LogP contribution in [0.5, 0.6) is 0 Å². The van der Waals surface area contributed by atoms with Gasteiger partial charge in [-0.1, -0.05) is 29.8 Å². The highest BCUT2D eigenvalue weighted by atomic mass is 35.5. The van der Waals surface area contributed by atoms with Gasteiger partial charge in [0.05, 0.1) is 24.8 Å². The summed E-state index contributed by atoms with van der Waals surface area (Å²) < 4.78 is 10.3. The van der Waals surface area contributed by atoms with Crippen molar-refractivity contribution in [3.8, 4) is 0 Å². The molecule has 9 nitrogen and oxygen atoms in total. The third kappa shape index (κ3) is 5.48. The van der Waals surface area contributed by atoms with Crippen LogP contribution < -0.4 is 10.6 Å². The number of nitrogens with one attached hydrogen (secondary N) is 2. The summed E-state index contributed by atoms with van der Waals surface area (Å²) in [6.45, 7) is 6.53. The number of nitrogens with zero attached hydrogens (tertiary/aromatic N) is 2. The largest absolute Gasteiger partial charge is 0.463 e. The SMILES string of the molecule is CCOC(=O)C1=C(CN2CCN(C(=O)OCC)CC2)NC(=O)N[C@H]1c1ccccc1Cl. The molecular formula is C21H27ClN4O5. The molecule has 168 valence electrons. The average molecular weight is 451 g/mol. The highest BCUT2D eigenvalue weighted by Crippen LogP contribution is 2.32. The van der Waals surface area contributed by atoms with Crippen LogP contribution in [-0.4, -0.2) is 73.8 Å². The third-order valence-corrected chi connectivity index (χ3v) is 5.49. The zero-order chi connectivity index (χ0) is 22.4. The van der Waals surface area contributed by atoms with E-state index in [9.17, 15) is 14.4 Å². The Morgan fingerprint density at radius 3 is 2.42 bits per heavy atom. The lowest BCUT2D eigenvalue weighted by Gasteiger charge is -2.36. The first kappa shape index (κ1) is 22.9. The number of piperazine rings is 1. The minimum atomic E-state index is -0.725. The lowest BCUT2D eigenvalue weighted by molar-refractivity contribution is -0.139. The van der Waals surface area contributed by atoms with E-state index in [0.29, 0.717) is 61.2 Å². The van der Waals surface area contributed by atoms with E-state index in [1.165, 1.54) is 0 Å². The highest BCUT2D eigenvalue weighted by molar-refractivity contribution is 6.31. The first-order valence-corrected chi connectivity index (χ1v) is 10.7. The standard InChI is InChI=1S/C21H27ClN4O5/c1-3-30-19(27)17-16(13-25-9-11-26(12-10-25)21(29)31-4-2)23-20(28)24-18(17)14-7-5-6-8-15(14)22/h5-8,18H,3-4,9-13H2,1-2H3,(H2,23,24,28)/t18-/m0/s1. The number of halogens is 1. The number of ether oxygens (including phenoxy) is 2. The molecule has 0 radical (unpaired) electrons. The molecule has 0 aliphatic carbocycles. The molecule has 1 aromatic carbocycles. The molecule has 1 saturated heterocycles. The topological polar surface area (TPSA) is 100 Å². The van der Waals surface area contributed by atoms with Gasteiger partial charge in [-0.25, -0.2) is 14.4 Å². The number of carbonyl (C=O) groups is 3. The Morgan fingerprint density at radius 2 is 1.77 bits per heavy atom. The van der Waals surface area contributed by atoms with Gasteiger partial charge in [0.15, 0.2) is 0 Å². The van der Waals surface area contributed by atoms with Gasteiger partial charge in [0.2, 0.25) is 0 Å². The molecule has 0 saturated carbocycles. The van der Waals surface area contributed by atoms with Gasteiger partial charge in [-0.2, -0.15) is 0 Å². The Balaban J connectivity index is 1.85. The first-order chi connectivity index (χ1) is 14.9. The number of hydrogen-bond donors (Lipinski definition) is 2. The fourth-order valence-corrected chi connectivity index (χ4v) is 3.91. The Labute approximate surface area is 186 Å². The Hall–Kier alpha value is -2.78. The number of esters is 1. The van der Waals surface area contributed by atoms with Crippen LogP contribution in [0.25, 0.3) is 0 Å². The molecule has 3 amide bonds. The van der Waals surface area contributed by atoms with Crippen LogP contribution in [0.4, 0.5) is 9.59 Å². The predicted molar refractivity (Wildman–Crippen MR) is 115 cm³/mol. The maximum atomic E-state index is 12.9. The Kier molecular flexibility index (Phi) is 7.75. The van der Waals surface area contributed by atoms with Crippen LogP contribution in [0.15, 0.2) is 35.5 Å². The summed E-state index contributed by atoms with van der Waals surface area (Å²) in [5.41, 5.74) is 1.41. The molecule has 10 heteroatoms. The number of urea groups is 1. The summed E-state index contributed by atoms with van der Waals surface area (Å²) in [7, 11) is 0. The minimum absolute atomic E-state index is 0.205. The van der Waals surface area contributed by atoms with Crippen molar-refractivity contribution < 1.29 is 23.9 Å². The van der Waals surface area contributed by atoms with E-state index < -0.39 is 18.0 Å². The molecular weight excluding hydrogens is 424 g/mol. The summed E-state index contributed by atoms with van der Waals surface area (Å²) in [6.07, 6.45) is -0.331. The molecule has 1 fully saturated rings. The van der Waals surface area contributed by atoms with Crippen molar-refractivity contribution in [3.05, 3.63) is 46.1 Å². The van der Waals surface area contributed by atoms with Crippen LogP contribution in [0.3, 0.4) is 0 Å². The lowest BCUT2D eigenvalue weighted by Crippen LogP contribution is -2.52. The molecule has 3 rings (SSSR count). The van der Waals surface area contributed by atoms with E-state index in [1.807, 2.05) is 0 Å². The van der Waals surface area contributed by atoms with E-state index in [4.69, 9.17) is 21.1 Å². The normalized spacial score (nSPS) is 19.5. The summed E-state index contributed by atoms with van der Waals surface area (Å²) in [5.74, 6) is -0.514. The fraction of sp³-hybridized carbons (Fsp3) is 0.476. The number of rotatable bonds is 6. The summed E-state index contributed by atoms with van der Waals surface area (Å²) in [5, 5.41) is 5.99. The molecule has 0 spiro atoms. The molecule has 1 aromatic rings. The fourth-order valence-electron chi connectivity index (χ4n) is 3.66. The molecule has 0 aromatic heterocycles. The van der Waals surface area contributed by atoms with Crippen molar-refractivity contribution in [1.82, 2.24) is 20.4 Å². The lowest BCUT2D eigenvalue weighted by atomic mass is 9.95. The second kappa shape index (κ2) is 10.5. The average Bonchev–Trinajstić information content (AvgIpc) is 2.74. The van der Waals surface area contributed by atoms with Crippen LogP contribution in [0.2, 0.25) is 5.02 Å². The highest BCUT2D eigenvalue weighted by Gasteiger charge is 2.35. The molecule has 2 aliphatic rings.